The van der Waals surface area contributed by atoms with Gasteiger partial charge in [0.05, 0.1) is 7.11 Å². The third-order valence-corrected chi connectivity index (χ3v) is 3.18. The second-order valence-electron chi connectivity index (χ2n) is 5.01. The summed E-state index contributed by atoms with van der Waals surface area (Å²) >= 11 is 0. The van der Waals surface area contributed by atoms with E-state index in [-0.39, 0.29) is 11.9 Å². The minimum Gasteiger partial charge on any atom is -0.468 e. The Morgan fingerprint density at radius 3 is 2.25 bits per heavy atom. The molecule has 1 aliphatic carbocycles. The van der Waals surface area contributed by atoms with Gasteiger partial charge in [-0.25, -0.2) is 0 Å². The lowest BCUT2D eigenvalue weighted by atomic mass is 9.67. The molecule has 92 valence electrons. The number of ether oxygens (including phenoxy) is 1. The molecule has 16 heavy (non-hydrogen) atoms. The smallest absolute Gasteiger partial charge is 0.321 e. The van der Waals surface area contributed by atoms with Crippen LogP contribution < -0.4 is 0 Å². The average Bonchev–Trinajstić information content (AvgIpc) is 2.14. The number of amides is 1. The van der Waals surface area contributed by atoms with Crippen LogP contribution in [0, 0.1) is 11.3 Å². The summed E-state index contributed by atoms with van der Waals surface area (Å²) in [6.45, 7) is 4.78. The van der Waals surface area contributed by atoms with Crippen molar-refractivity contribution in [1.29, 1.82) is 0 Å². The van der Waals surface area contributed by atoms with E-state index in [1.54, 1.807) is 11.9 Å². The van der Waals surface area contributed by atoms with Crippen LogP contribution in [0.4, 0.5) is 0 Å². The van der Waals surface area contributed by atoms with Crippen LogP contribution in [-0.4, -0.2) is 37.5 Å². The van der Waals surface area contributed by atoms with Crippen molar-refractivity contribution in [3.63, 3.8) is 0 Å². The van der Waals surface area contributed by atoms with Crippen molar-refractivity contribution in [2.45, 2.75) is 33.1 Å². The molecule has 0 aliphatic heterocycles. The monoisotopic (exact) mass is 227 g/mol. The quantitative estimate of drug-likeness (QED) is 0.539. The molecule has 0 heterocycles. The van der Waals surface area contributed by atoms with Gasteiger partial charge in [0.1, 0.15) is 5.41 Å². The number of carbonyl (C=O) groups is 2. The molecule has 1 saturated carbocycles. The molecule has 0 bridgehead atoms. The lowest BCUT2D eigenvalue weighted by molar-refractivity contribution is -0.169. The molecule has 0 unspecified atom stereocenters. The van der Waals surface area contributed by atoms with Crippen LogP contribution in [0.15, 0.2) is 0 Å². The molecule has 4 heteroatoms. The molecule has 0 aromatic carbocycles. The SMILES string of the molecule is COC(=O)C1(C(=O)N(C)CC(C)C)CCC1. The van der Waals surface area contributed by atoms with E-state index >= 15 is 0 Å². The standard InChI is InChI=1S/C12H21NO3/c1-9(2)8-13(3)10(14)12(6-5-7-12)11(15)16-4/h9H,5-8H2,1-4H3. The predicted octanol–water partition coefficient (Wildman–Crippen LogP) is 1.44. The van der Waals surface area contributed by atoms with Crippen LogP contribution in [0.25, 0.3) is 0 Å². The molecular weight excluding hydrogens is 206 g/mol. The van der Waals surface area contributed by atoms with Crippen molar-refractivity contribution in [1.82, 2.24) is 4.90 Å². The Labute approximate surface area is 96.9 Å². The Morgan fingerprint density at radius 2 is 1.94 bits per heavy atom. The minimum absolute atomic E-state index is 0.0840. The van der Waals surface area contributed by atoms with E-state index in [1.165, 1.54) is 7.11 Å². The largest absolute Gasteiger partial charge is 0.468 e. The Hall–Kier alpha value is -1.06. The van der Waals surface area contributed by atoms with Gasteiger partial charge in [0.15, 0.2) is 0 Å². The summed E-state index contributed by atoms with van der Waals surface area (Å²) in [5.41, 5.74) is -0.877. The zero-order valence-corrected chi connectivity index (χ0v) is 10.6. The van der Waals surface area contributed by atoms with Gasteiger partial charge in [0.25, 0.3) is 0 Å². The summed E-state index contributed by atoms with van der Waals surface area (Å²) in [6, 6.07) is 0. The Kier molecular flexibility index (Phi) is 3.94. The van der Waals surface area contributed by atoms with Gasteiger partial charge < -0.3 is 9.64 Å². The molecule has 0 spiro atoms. The van der Waals surface area contributed by atoms with Crippen molar-refractivity contribution < 1.29 is 14.3 Å². The van der Waals surface area contributed by atoms with Crippen LogP contribution in [0.3, 0.4) is 0 Å². The number of esters is 1. The fourth-order valence-electron chi connectivity index (χ4n) is 2.23. The average molecular weight is 227 g/mol. The van der Waals surface area contributed by atoms with E-state index in [0.29, 0.717) is 25.3 Å². The number of hydrogen-bond acceptors (Lipinski definition) is 3. The number of carbonyl (C=O) groups excluding carboxylic acids is 2. The van der Waals surface area contributed by atoms with Gasteiger partial charge in [-0.2, -0.15) is 0 Å². The Balaban J connectivity index is 2.73. The molecule has 1 amide bonds. The predicted molar refractivity (Wildman–Crippen MR) is 60.8 cm³/mol. The van der Waals surface area contributed by atoms with Crippen LogP contribution >= 0.6 is 0 Å². The normalized spacial score (nSPS) is 17.8. The Bertz CT molecular complexity index is 282. The van der Waals surface area contributed by atoms with Gasteiger partial charge in [-0.3, -0.25) is 9.59 Å². The summed E-state index contributed by atoms with van der Waals surface area (Å²) in [4.78, 5) is 25.5. The highest BCUT2D eigenvalue weighted by molar-refractivity contribution is 6.03. The molecule has 1 fully saturated rings. The van der Waals surface area contributed by atoms with Crippen molar-refractivity contribution in [3.05, 3.63) is 0 Å². The van der Waals surface area contributed by atoms with E-state index < -0.39 is 5.41 Å². The first-order valence-corrected chi connectivity index (χ1v) is 5.78. The summed E-state index contributed by atoms with van der Waals surface area (Å²) in [5.74, 6) is -0.0534. The van der Waals surface area contributed by atoms with E-state index in [4.69, 9.17) is 4.74 Å². The van der Waals surface area contributed by atoms with Gasteiger partial charge in [-0.05, 0) is 18.8 Å². The number of methoxy groups -OCH3 is 1. The highest BCUT2D eigenvalue weighted by atomic mass is 16.5. The zero-order valence-electron chi connectivity index (χ0n) is 10.6. The molecule has 0 saturated heterocycles. The molecular formula is C12H21NO3. The number of nitrogens with zero attached hydrogens (tertiary/aromatic N) is 1. The molecule has 4 nitrogen and oxygen atoms in total. The Morgan fingerprint density at radius 1 is 1.38 bits per heavy atom. The van der Waals surface area contributed by atoms with Crippen LogP contribution in [0.5, 0.6) is 0 Å². The summed E-state index contributed by atoms with van der Waals surface area (Å²) in [7, 11) is 3.10. The lowest BCUT2D eigenvalue weighted by Gasteiger charge is -2.40. The lowest BCUT2D eigenvalue weighted by Crippen LogP contribution is -2.52. The maximum Gasteiger partial charge on any atom is 0.321 e. The van der Waals surface area contributed by atoms with E-state index in [0.717, 1.165) is 6.42 Å². The highest BCUT2D eigenvalue weighted by Gasteiger charge is 2.53. The third kappa shape index (κ3) is 2.20. The second kappa shape index (κ2) is 4.85. The summed E-state index contributed by atoms with van der Waals surface area (Å²) in [6.07, 6.45) is 2.18. The fraction of sp³-hybridized carbons (Fsp3) is 0.833. The van der Waals surface area contributed by atoms with Crippen LogP contribution in [0.2, 0.25) is 0 Å². The molecule has 0 N–H and O–H groups in total. The maximum atomic E-state index is 12.2. The fourth-order valence-corrected chi connectivity index (χ4v) is 2.23. The van der Waals surface area contributed by atoms with Crippen molar-refractivity contribution in [3.8, 4) is 0 Å². The first-order valence-electron chi connectivity index (χ1n) is 5.78. The first kappa shape index (κ1) is 13.0. The van der Waals surface area contributed by atoms with E-state index in [9.17, 15) is 9.59 Å². The van der Waals surface area contributed by atoms with Gasteiger partial charge in [-0.1, -0.05) is 20.3 Å². The molecule has 0 radical (unpaired) electrons. The van der Waals surface area contributed by atoms with Crippen molar-refractivity contribution in [2.75, 3.05) is 20.7 Å². The highest BCUT2D eigenvalue weighted by Crippen LogP contribution is 2.43. The molecule has 1 aliphatic rings. The van der Waals surface area contributed by atoms with Gasteiger partial charge in [0, 0.05) is 13.6 Å². The van der Waals surface area contributed by atoms with Gasteiger partial charge in [0.2, 0.25) is 5.91 Å². The number of hydrogen-bond donors (Lipinski definition) is 0. The van der Waals surface area contributed by atoms with Crippen LogP contribution in [-0.2, 0) is 14.3 Å². The number of rotatable bonds is 4. The molecule has 0 atom stereocenters. The molecule has 0 aromatic rings. The summed E-state index contributed by atoms with van der Waals surface area (Å²) in [5, 5.41) is 0. The third-order valence-electron chi connectivity index (χ3n) is 3.18. The van der Waals surface area contributed by atoms with Crippen molar-refractivity contribution in [2.24, 2.45) is 11.3 Å². The van der Waals surface area contributed by atoms with Crippen LogP contribution in [0.1, 0.15) is 33.1 Å². The second-order valence-corrected chi connectivity index (χ2v) is 5.01. The topological polar surface area (TPSA) is 46.6 Å². The van der Waals surface area contributed by atoms with Gasteiger partial charge in [-0.15, -0.1) is 0 Å². The zero-order chi connectivity index (χ0) is 12.3. The van der Waals surface area contributed by atoms with E-state index in [2.05, 4.69) is 13.8 Å². The maximum absolute atomic E-state index is 12.2. The van der Waals surface area contributed by atoms with E-state index in [1.807, 2.05) is 0 Å². The first-order chi connectivity index (χ1) is 7.44. The molecule has 1 rings (SSSR count). The summed E-state index contributed by atoms with van der Waals surface area (Å²) < 4.78 is 4.75. The minimum atomic E-state index is -0.877. The van der Waals surface area contributed by atoms with Gasteiger partial charge >= 0.3 is 5.97 Å². The molecule has 0 aromatic heterocycles. The van der Waals surface area contributed by atoms with Crippen molar-refractivity contribution >= 4 is 11.9 Å².